The predicted octanol–water partition coefficient (Wildman–Crippen LogP) is 0.859. The molecule has 4 unspecified atom stereocenters. The van der Waals surface area contributed by atoms with E-state index < -0.39 is 45.8 Å². The quantitative estimate of drug-likeness (QED) is 0.211. The average Bonchev–Trinajstić information content (AvgIpc) is 2.96. The van der Waals surface area contributed by atoms with Crippen LogP contribution < -0.4 is 0 Å². The molecule has 1 aliphatic heterocycles. The smallest absolute Gasteiger partial charge is 0.294 e. The van der Waals surface area contributed by atoms with E-state index >= 15 is 0 Å². The first-order valence-corrected chi connectivity index (χ1v) is 9.42. The summed E-state index contributed by atoms with van der Waals surface area (Å²) in [5, 5.41) is 36.6. The van der Waals surface area contributed by atoms with Gasteiger partial charge in [-0.1, -0.05) is 21.6 Å². The summed E-state index contributed by atoms with van der Waals surface area (Å²) in [6.45, 7) is -1.24. The Hall–Kier alpha value is -2.50. The molecule has 1 saturated heterocycles. The Morgan fingerprint density at radius 1 is 0.741 bits per heavy atom. The summed E-state index contributed by atoms with van der Waals surface area (Å²) in [6, 6.07) is 0. The molecule has 4 atom stereocenters. The molecule has 0 aliphatic carbocycles. The third-order valence-electron chi connectivity index (χ3n) is 3.11. The van der Waals surface area contributed by atoms with Crippen LogP contribution in [0.15, 0.2) is 0 Å². The Morgan fingerprint density at radius 2 is 1.11 bits per heavy atom. The average molecular weight is 434 g/mol. The molecule has 0 aromatic heterocycles. The number of hydrogen-bond donors (Lipinski definition) is 0. The van der Waals surface area contributed by atoms with E-state index in [-0.39, 0.29) is 23.3 Å². The Labute approximate surface area is 157 Å². The third kappa shape index (κ3) is 10.3. The Morgan fingerprint density at radius 3 is 1.41 bits per heavy atom. The molecule has 1 rings (SSSR count). The number of hydrogen-bond acceptors (Lipinski definition) is 14. The second kappa shape index (κ2) is 11.3. The fourth-order valence-corrected chi connectivity index (χ4v) is 5.73. The summed E-state index contributed by atoms with van der Waals surface area (Å²) >= 11 is 0. The van der Waals surface area contributed by atoms with Crippen molar-refractivity contribution in [3.63, 3.8) is 0 Å². The molecule has 0 spiro atoms. The van der Waals surface area contributed by atoms with Crippen molar-refractivity contribution < 1.29 is 39.7 Å². The van der Waals surface area contributed by atoms with Gasteiger partial charge in [0.15, 0.2) is 0 Å². The first-order chi connectivity index (χ1) is 12.7. The third-order valence-corrected chi connectivity index (χ3v) is 6.50. The first-order valence-electron chi connectivity index (χ1n) is 7.14. The van der Waals surface area contributed by atoms with Gasteiger partial charge in [0.1, 0.15) is 25.4 Å². The van der Waals surface area contributed by atoms with E-state index in [1.807, 2.05) is 0 Å². The molecule has 0 bridgehead atoms. The van der Waals surface area contributed by atoms with Gasteiger partial charge < -0.3 is 19.4 Å². The molecule has 0 aromatic carbocycles. The Bertz CT molecular complexity index is 507. The second-order valence-electron chi connectivity index (χ2n) is 5.08. The molecule has 18 heteroatoms. The van der Waals surface area contributed by atoms with Crippen LogP contribution in [0.5, 0.6) is 0 Å². The van der Waals surface area contributed by atoms with Gasteiger partial charge in [0.2, 0.25) is 0 Å². The van der Waals surface area contributed by atoms with Crippen molar-refractivity contribution >= 4 is 21.6 Å². The highest BCUT2D eigenvalue weighted by atomic mass is 33.1. The standard InChI is InChI=1S/C9H14N4O12S2/c14-10(15)22-4-6(24-12(18)19)1-8-3-9(27-26-8)2-7(25-13(20)21)5-23-11(16)17/h6-9H,1-5H2. The Kier molecular flexibility index (Phi) is 9.40. The first kappa shape index (κ1) is 22.5. The van der Waals surface area contributed by atoms with E-state index in [2.05, 4.69) is 19.4 Å². The molecule has 0 radical (unpaired) electrons. The molecule has 0 aromatic rings. The van der Waals surface area contributed by atoms with Crippen LogP contribution in [0.2, 0.25) is 0 Å². The van der Waals surface area contributed by atoms with E-state index in [1.54, 1.807) is 0 Å². The van der Waals surface area contributed by atoms with Crippen molar-refractivity contribution in [2.45, 2.75) is 42.0 Å². The minimum atomic E-state index is -1.16. The predicted molar refractivity (Wildman–Crippen MR) is 86.2 cm³/mol. The minimum Gasteiger partial charge on any atom is -0.312 e. The van der Waals surface area contributed by atoms with Gasteiger partial charge in [0.05, 0.1) is 0 Å². The van der Waals surface area contributed by atoms with E-state index in [0.717, 1.165) is 0 Å². The molecular formula is C9H14N4O12S2. The number of nitrogens with zero attached hydrogens (tertiary/aromatic N) is 4. The zero-order chi connectivity index (χ0) is 20.4. The molecule has 0 saturated carbocycles. The zero-order valence-corrected chi connectivity index (χ0v) is 15.0. The van der Waals surface area contributed by atoms with Gasteiger partial charge >= 0.3 is 0 Å². The van der Waals surface area contributed by atoms with Gasteiger partial charge in [-0.3, -0.25) is 0 Å². The van der Waals surface area contributed by atoms with Crippen molar-refractivity contribution in [1.29, 1.82) is 0 Å². The highest BCUT2D eigenvalue weighted by Gasteiger charge is 2.33. The summed E-state index contributed by atoms with van der Waals surface area (Å²) in [5.41, 5.74) is 0. The van der Waals surface area contributed by atoms with Crippen LogP contribution in [0.1, 0.15) is 19.3 Å². The molecule has 27 heavy (non-hydrogen) atoms. The van der Waals surface area contributed by atoms with Gasteiger partial charge in [0, 0.05) is 10.5 Å². The fourth-order valence-electron chi connectivity index (χ4n) is 2.20. The van der Waals surface area contributed by atoms with Gasteiger partial charge in [-0.15, -0.1) is 40.5 Å². The van der Waals surface area contributed by atoms with Crippen molar-refractivity contribution in [3.8, 4) is 0 Å². The van der Waals surface area contributed by atoms with E-state index in [1.165, 1.54) is 21.6 Å². The molecule has 1 fully saturated rings. The van der Waals surface area contributed by atoms with Crippen molar-refractivity contribution in [3.05, 3.63) is 40.5 Å². The van der Waals surface area contributed by atoms with Crippen LogP contribution in [-0.4, -0.2) is 56.3 Å². The van der Waals surface area contributed by atoms with E-state index in [4.69, 9.17) is 0 Å². The van der Waals surface area contributed by atoms with Gasteiger partial charge in [-0.05, 0) is 19.3 Å². The summed E-state index contributed by atoms with van der Waals surface area (Å²) in [4.78, 5) is 58.3. The van der Waals surface area contributed by atoms with E-state index in [9.17, 15) is 40.5 Å². The lowest BCUT2D eigenvalue weighted by Crippen LogP contribution is -2.29. The van der Waals surface area contributed by atoms with Crippen LogP contribution in [-0.2, 0) is 19.4 Å². The molecule has 16 nitrogen and oxygen atoms in total. The normalized spacial score (nSPS) is 20.9. The molecule has 154 valence electrons. The van der Waals surface area contributed by atoms with Crippen LogP contribution in [0.3, 0.4) is 0 Å². The van der Waals surface area contributed by atoms with Crippen LogP contribution in [0.25, 0.3) is 0 Å². The van der Waals surface area contributed by atoms with Crippen LogP contribution in [0, 0.1) is 40.5 Å². The molecule has 0 amide bonds. The maximum absolute atomic E-state index is 10.5. The van der Waals surface area contributed by atoms with E-state index in [0.29, 0.717) is 6.42 Å². The maximum Gasteiger partial charge on any atom is 0.294 e. The van der Waals surface area contributed by atoms with Crippen LogP contribution in [0.4, 0.5) is 0 Å². The van der Waals surface area contributed by atoms with Gasteiger partial charge in [-0.25, -0.2) is 0 Å². The summed E-state index contributed by atoms with van der Waals surface area (Å²) in [7, 11) is 2.63. The molecular weight excluding hydrogens is 420 g/mol. The molecule has 0 N–H and O–H groups in total. The minimum absolute atomic E-state index is 0.0646. The maximum atomic E-state index is 10.5. The molecule has 1 aliphatic rings. The fraction of sp³-hybridized carbons (Fsp3) is 1.00. The topological polar surface area (TPSA) is 209 Å². The lowest BCUT2D eigenvalue weighted by molar-refractivity contribution is -0.790. The highest BCUT2D eigenvalue weighted by Crippen LogP contribution is 2.47. The van der Waals surface area contributed by atoms with Crippen molar-refractivity contribution in [2.75, 3.05) is 13.2 Å². The Balaban J connectivity index is 2.52. The second-order valence-corrected chi connectivity index (χ2v) is 7.96. The lowest BCUT2D eigenvalue weighted by Gasteiger charge is -2.18. The summed E-state index contributed by atoms with van der Waals surface area (Å²) in [6.07, 6.45) is -1.78. The SMILES string of the molecule is O=[N+]([O-])OCC(CC1CC(CC(CO[N+](=O)[O-])O[N+](=O)[O-])SS1)O[N+](=O)[O-]. The van der Waals surface area contributed by atoms with Crippen molar-refractivity contribution in [2.24, 2.45) is 0 Å². The summed E-state index contributed by atoms with van der Waals surface area (Å²) < 4.78 is 0. The zero-order valence-electron chi connectivity index (χ0n) is 13.3. The lowest BCUT2D eigenvalue weighted by atomic mass is 10.1. The monoisotopic (exact) mass is 434 g/mol. The highest BCUT2D eigenvalue weighted by molar-refractivity contribution is 8.77. The van der Waals surface area contributed by atoms with Gasteiger partial charge in [-0.2, -0.15) is 0 Å². The summed E-state index contributed by atoms with van der Waals surface area (Å²) in [5.74, 6) is 0. The van der Waals surface area contributed by atoms with Gasteiger partial charge in [0.25, 0.3) is 20.3 Å². The van der Waals surface area contributed by atoms with Crippen molar-refractivity contribution in [1.82, 2.24) is 0 Å². The molecule has 1 heterocycles. The number of rotatable bonds is 14. The van der Waals surface area contributed by atoms with Crippen LogP contribution >= 0.6 is 21.6 Å². The largest absolute Gasteiger partial charge is 0.312 e.